The van der Waals surface area contributed by atoms with Crippen LogP contribution in [0.4, 0.5) is 4.39 Å². The lowest BCUT2D eigenvalue weighted by atomic mass is 10.2. The zero-order valence-electron chi connectivity index (χ0n) is 8.91. The number of hydrogen-bond acceptors (Lipinski definition) is 2. The topological polar surface area (TPSA) is 54.9 Å². The Bertz CT molecular complexity index is 711. The lowest BCUT2D eigenvalue weighted by molar-refractivity contribution is 0.625. The summed E-state index contributed by atoms with van der Waals surface area (Å²) >= 11 is 8.87. The quantitative estimate of drug-likeness (QED) is 0.915. The number of benzene rings is 1. The van der Waals surface area contributed by atoms with Gasteiger partial charge < -0.3 is 4.98 Å². The molecule has 1 aromatic carbocycles. The van der Waals surface area contributed by atoms with E-state index in [-0.39, 0.29) is 16.0 Å². The lowest BCUT2D eigenvalue weighted by Gasteiger charge is -2.06. The molecule has 0 aliphatic heterocycles. The molecule has 0 fully saturated rings. The van der Waals surface area contributed by atoms with Gasteiger partial charge >= 0.3 is 5.69 Å². The second-order valence-corrected chi connectivity index (χ2v) is 4.83. The van der Waals surface area contributed by atoms with Gasteiger partial charge in [-0.3, -0.25) is 9.36 Å². The van der Waals surface area contributed by atoms with E-state index >= 15 is 0 Å². The van der Waals surface area contributed by atoms with Crippen molar-refractivity contribution in [2.45, 2.75) is 6.54 Å². The fraction of sp³-hybridized carbons (Fsp3) is 0.0909. The number of nitrogens with one attached hydrogen (secondary N) is 1. The van der Waals surface area contributed by atoms with E-state index in [0.29, 0.717) is 5.56 Å². The van der Waals surface area contributed by atoms with Crippen LogP contribution in [0.15, 0.2) is 38.5 Å². The maximum atomic E-state index is 12.9. The number of hydrogen-bond donors (Lipinski definition) is 1. The van der Waals surface area contributed by atoms with Gasteiger partial charge in [-0.2, -0.15) is 0 Å². The zero-order chi connectivity index (χ0) is 13.3. The number of nitrogens with zero attached hydrogens (tertiary/aromatic N) is 1. The predicted octanol–water partition coefficient (Wildman–Crippen LogP) is 2.14. The summed E-state index contributed by atoms with van der Waals surface area (Å²) in [5.41, 5.74) is -0.536. The summed E-state index contributed by atoms with van der Waals surface area (Å²) in [6.07, 6.45) is 1.27. The van der Waals surface area contributed by atoms with Crippen LogP contribution in [-0.4, -0.2) is 9.55 Å². The smallest absolute Gasteiger partial charge is 0.313 e. The van der Waals surface area contributed by atoms with Crippen LogP contribution >= 0.6 is 27.5 Å². The fourth-order valence-electron chi connectivity index (χ4n) is 1.45. The van der Waals surface area contributed by atoms with Crippen LogP contribution in [0.1, 0.15) is 5.56 Å². The van der Waals surface area contributed by atoms with Gasteiger partial charge in [0.15, 0.2) is 0 Å². The van der Waals surface area contributed by atoms with Crippen molar-refractivity contribution < 1.29 is 4.39 Å². The Labute approximate surface area is 114 Å². The van der Waals surface area contributed by atoms with E-state index < -0.39 is 17.1 Å². The van der Waals surface area contributed by atoms with Crippen molar-refractivity contribution in [3.05, 3.63) is 66.1 Å². The molecule has 0 radical (unpaired) electrons. The normalized spacial score (nSPS) is 10.6. The highest BCUT2D eigenvalue weighted by molar-refractivity contribution is 9.10. The van der Waals surface area contributed by atoms with Crippen molar-refractivity contribution >= 4 is 27.5 Å². The molecule has 0 unspecified atom stereocenters. The summed E-state index contributed by atoms with van der Waals surface area (Å²) in [4.78, 5) is 25.7. The number of rotatable bonds is 2. The van der Waals surface area contributed by atoms with E-state index in [1.54, 1.807) is 0 Å². The molecule has 2 aromatic rings. The number of halogens is 3. The molecular formula is C11H7BrClFN2O2. The van der Waals surface area contributed by atoms with E-state index in [0.717, 1.165) is 10.6 Å². The van der Waals surface area contributed by atoms with Crippen molar-refractivity contribution in [2.24, 2.45) is 0 Å². The molecule has 0 aliphatic carbocycles. The molecule has 4 nitrogen and oxygen atoms in total. The third-order valence-electron chi connectivity index (χ3n) is 2.36. The maximum absolute atomic E-state index is 12.9. The van der Waals surface area contributed by atoms with E-state index in [1.807, 2.05) is 0 Å². The van der Waals surface area contributed by atoms with Gasteiger partial charge in [0.05, 0.1) is 11.0 Å². The molecule has 0 bridgehead atoms. The third-order valence-corrected chi connectivity index (χ3v) is 3.28. The molecule has 1 N–H and O–H groups in total. The molecule has 0 amide bonds. The van der Waals surface area contributed by atoms with Crippen LogP contribution in [-0.2, 0) is 6.54 Å². The number of aromatic nitrogens is 2. The van der Waals surface area contributed by atoms with Crippen LogP contribution < -0.4 is 11.2 Å². The lowest BCUT2D eigenvalue weighted by Crippen LogP contribution is -2.35. The minimum absolute atomic E-state index is 0.0211. The Morgan fingerprint density at radius 2 is 2.11 bits per heavy atom. The largest absolute Gasteiger partial charge is 0.328 e. The minimum Gasteiger partial charge on any atom is -0.313 e. The molecule has 18 heavy (non-hydrogen) atoms. The Morgan fingerprint density at radius 3 is 2.78 bits per heavy atom. The minimum atomic E-state index is -0.552. The van der Waals surface area contributed by atoms with Crippen LogP contribution in [0.3, 0.4) is 0 Å². The summed E-state index contributed by atoms with van der Waals surface area (Å²) in [6.45, 7) is -0.0211. The van der Waals surface area contributed by atoms with Gasteiger partial charge in [-0.05, 0) is 33.6 Å². The summed E-state index contributed by atoms with van der Waals surface area (Å²) < 4.78 is 14.1. The van der Waals surface area contributed by atoms with Crippen LogP contribution in [0, 0.1) is 5.82 Å². The molecule has 0 spiro atoms. The summed E-state index contributed by atoms with van der Waals surface area (Å²) in [7, 11) is 0. The highest BCUT2D eigenvalue weighted by atomic mass is 79.9. The van der Waals surface area contributed by atoms with Gasteiger partial charge in [-0.15, -0.1) is 0 Å². The van der Waals surface area contributed by atoms with Gasteiger partial charge in [-0.25, -0.2) is 9.18 Å². The van der Waals surface area contributed by atoms with Gasteiger partial charge in [0.2, 0.25) is 0 Å². The molecule has 7 heteroatoms. The van der Waals surface area contributed by atoms with Crippen molar-refractivity contribution in [1.82, 2.24) is 9.55 Å². The molecule has 94 valence electrons. The average molecular weight is 334 g/mol. The standard InChI is InChI=1S/C11H7BrClFN2O2/c12-8-4-15-11(18)16(10(8)17)5-6-1-2-7(14)3-9(6)13/h1-4H,5H2,(H,15,18). The Morgan fingerprint density at radius 1 is 1.39 bits per heavy atom. The Balaban J connectivity index is 2.50. The second-order valence-electron chi connectivity index (χ2n) is 3.57. The monoisotopic (exact) mass is 332 g/mol. The fourth-order valence-corrected chi connectivity index (χ4v) is 2.01. The average Bonchev–Trinajstić information content (AvgIpc) is 2.32. The second kappa shape index (κ2) is 5.07. The summed E-state index contributed by atoms with van der Waals surface area (Å²) in [5.74, 6) is -0.473. The van der Waals surface area contributed by atoms with E-state index in [1.165, 1.54) is 18.3 Å². The van der Waals surface area contributed by atoms with E-state index in [9.17, 15) is 14.0 Å². The van der Waals surface area contributed by atoms with E-state index in [2.05, 4.69) is 20.9 Å². The zero-order valence-corrected chi connectivity index (χ0v) is 11.3. The Kier molecular flexibility index (Phi) is 3.68. The molecule has 0 saturated carbocycles. The molecule has 1 aromatic heterocycles. The summed E-state index contributed by atoms with van der Waals surface area (Å²) in [5, 5.41) is 0.168. The van der Waals surface area contributed by atoms with Crippen LogP contribution in [0.2, 0.25) is 5.02 Å². The van der Waals surface area contributed by atoms with Crippen molar-refractivity contribution in [2.75, 3.05) is 0 Å². The highest BCUT2D eigenvalue weighted by Crippen LogP contribution is 2.17. The molecule has 0 saturated heterocycles. The number of aromatic amines is 1. The van der Waals surface area contributed by atoms with Crippen molar-refractivity contribution in [1.29, 1.82) is 0 Å². The first kappa shape index (κ1) is 13.0. The number of H-pyrrole nitrogens is 1. The Hall–Kier alpha value is -1.40. The first-order valence-electron chi connectivity index (χ1n) is 4.91. The van der Waals surface area contributed by atoms with Gasteiger partial charge in [-0.1, -0.05) is 17.7 Å². The maximum Gasteiger partial charge on any atom is 0.328 e. The highest BCUT2D eigenvalue weighted by Gasteiger charge is 2.08. The van der Waals surface area contributed by atoms with Gasteiger partial charge in [0, 0.05) is 11.2 Å². The van der Waals surface area contributed by atoms with Crippen LogP contribution in [0.5, 0.6) is 0 Å². The van der Waals surface area contributed by atoms with E-state index in [4.69, 9.17) is 11.6 Å². The molecular weight excluding hydrogens is 326 g/mol. The van der Waals surface area contributed by atoms with Crippen molar-refractivity contribution in [3.8, 4) is 0 Å². The molecule has 0 aliphatic rings. The first-order valence-corrected chi connectivity index (χ1v) is 6.08. The van der Waals surface area contributed by atoms with Gasteiger partial charge in [0.25, 0.3) is 5.56 Å². The van der Waals surface area contributed by atoms with Crippen LogP contribution in [0.25, 0.3) is 0 Å². The molecule has 2 rings (SSSR count). The first-order chi connectivity index (χ1) is 8.49. The predicted molar refractivity (Wildman–Crippen MR) is 69.5 cm³/mol. The summed E-state index contributed by atoms with van der Waals surface area (Å²) in [6, 6.07) is 3.79. The molecule has 1 heterocycles. The SMILES string of the molecule is O=c1[nH]cc(Br)c(=O)n1Cc1ccc(F)cc1Cl. The van der Waals surface area contributed by atoms with Crippen molar-refractivity contribution in [3.63, 3.8) is 0 Å². The third kappa shape index (κ3) is 2.54. The molecule has 0 atom stereocenters. The van der Waals surface area contributed by atoms with Gasteiger partial charge in [0.1, 0.15) is 5.82 Å².